The van der Waals surface area contributed by atoms with Gasteiger partial charge in [-0.05, 0) is 6.07 Å². The molecule has 9 heteroatoms. The lowest BCUT2D eigenvalue weighted by molar-refractivity contribution is -0.384. The first-order valence-electron chi connectivity index (χ1n) is 4.85. The van der Waals surface area contributed by atoms with Gasteiger partial charge in [0.05, 0.1) is 10.4 Å². The maximum atomic E-state index is 11.6. The first-order chi connectivity index (χ1) is 8.58. The van der Waals surface area contributed by atoms with E-state index in [2.05, 4.69) is 15.2 Å². The second kappa shape index (κ2) is 3.26. The smallest absolute Gasteiger partial charge is 0.306 e. The standard InChI is InChI=1S/C9H5N5O4/c15-8-10-6-3-4(14(17)18)1-2-5(6)7-11-12-9(16)13(7)8/h1-3H,(H,10,15)(H,12,16). The van der Waals surface area contributed by atoms with Gasteiger partial charge in [0, 0.05) is 17.5 Å². The molecule has 0 saturated carbocycles. The number of fused-ring (bicyclic) bond motifs is 3. The molecule has 3 rings (SSSR count). The molecule has 0 aliphatic carbocycles. The summed E-state index contributed by atoms with van der Waals surface area (Å²) in [7, 11) is 0. The van der Waals surface area contributed by atoms with Crippen LogP contribution in [0.25, 0.3) is 16.6 Å². The molecule has 0 aliphatic heterocycles. The van der Waals surface area contributed by atoms with Gasteiger partial charge in [-0.15, -0.1) is 0 Å². The molecular formula is C9H5N5O4. The third kappa shape index (κ3) is 1.24. The second-order valence-electron chi connectivity index (χ2n) is 3.60. The predicted molar refractivity (Wildman–Crippen MR) is 60.6 cm³/mol. The molecule has 18 heavy (non-hydrogen) atoms. The van der Waals surface area contributed by atoms with E-state index in [1.807, 2.05) is 0 Å². The molecule has 2 N–H and O–H groups in total. The molecule has 0 radical (unpaired) electrons. The van der Waals surface area contributed by atoms with E-state index in [0.717, 1.165) is 4.40 Å². The lowest BCUT2D eigenvalue weighted by atomic mass is 10.2. The molecule has 0 amide bonds. The fourth-order valence-corrected chi connectivity index (χ4v) is 1.78. The van der Waals surface area contributed by atoms with Crippen molar-refractivity contribution in [3.63, 3.8) is 0 Å². The molecule has 0 unspecified atom stereocenters. The van der Waals surface area contributed by atoms with Crippen LogP contribution in [0.15, 0.2) is 27.8 Å². The number of nitro groups is 1. The van der Waals surface area contributed by atoms with Crippen molar-refractivity contribution < 1.29 is 4.92 Å². The van der Waals surface area contributed by atoms with Crippen LogP contribution in [0.2, 0.25) is 0 Å². The van der Waals surface area contributed by atoms with E-state index < -0.39 is 16.3 Å². The second-order valence-corrected chi connectivity index (χ2v) is 3.60. The Morgan fingerprint density at radius 2 is 2.06 bits per heavy atom. The maximum absolute atomic E-state index is 11.6. The third-order valence-electron chi connectivity index (χ3n) is 2.57. The Morgan fingerprint density at radius 3 is 2.78 bits per heavy atom. The number of hydrogen-bond acceptors (Lipinski definition) is 5. The van der Waals surface area contributed by atoms with Crippen LogP contribution in [0.1, 0.15) is 0 Å². The van der Waals surface area contributed by atoms with Crippen molar-refractivity contribution in [2.75, 3.05) is 0 Å². The highest BCUT2D eigenvalue weighted by Crippen LogP contribution is 2.19. The number of aromatic amines is 2. The van der Waals surface area contributed by atoms with Crippen LogP contribution in [0.5, 0.6) is 0 Å². The van der Waals surface area contributed by atoms with Crippen LogP contribution in [0, 0.1) is 10.1 Å². The zero-order chi connectivity index (χ0) is 12.9. The average molecular weight is 247 g/mol. The van der Waals surface area contributed by atoms with Crippen LogP contribution in [0.4, 0.5) is 5.69 Å². The first kappa shape index (κ1) is 10.2. The molecule has 0 spiro atoms. The van der Waals surface area contributed by atoms with Crippen molar-refractivity contribution in [2.45, 2.75) is 0 Å². The number of nitrogens with zero attached hydrogens (tertiary/aromatic N) is 3. The van der Waals surface area contributed by atoms with Crippen LogP contribution in [-0.2, 0) is 0 Å². The van der Waals surface area contributed by atoms with E-state index in [1.165, 1.54) is 18.2 Å². The average Bonchev–Trinajstić information content (AvgIpc) is 2.71. The van der Waals surface area contributed by atoms with E-state index in [4.69, 9.17) is 0 Å². The first-order valence-corrected chi connectivity index (χ1v) is 4.85. The molecule has 3 aromatic rings. The number of nitrogens with one attached hydrogen (secondary N) is 2. The highest BCUT2D eigenvalue weighted by atomic mass is 16.6. The topological polar surface area (TPSA) is 126 Å². The van der Waals surface area contributed by atoms with Gasteiger partial charge >= 0.3 is 11.4 Å². The monoisotopic (exact) mass is 247 g/mol. The minimum absolute atomic E-state index is 0.133. The van der Waals surface area contributed by atoms with Crippen molar-refractivity contribution in [1.29, 1.82) is 0 Å². The van der Waals surface area contributed by atoms with Gasteiger partial charge in [0.2, 0.25) is 0 Å². The Bertz CT molecular complexity index is 903. The number of benzene rings is 1. The van der Waals surface area contributed by atoms with Gasteiger partial charge in [-0.3, -0.25) is 10.1 Å². The fraction of sp³-hybridized carbons (Fsp3) is 0. The van der Waals surface area contributed by atoms with Gasteiger partial charge in [0.25, 0.3) is 5.69 Å². The Kier molecular flexibility index (Phi) is 1.85. The molecule has 90 valence electrons. The SMILES string of the molecule is O=c1[nH]nc2c3ccc([N+](=O)[O-])cc3[nH]c(=O)n12. The summed E-state index contributed by atoms with van der Waals surface area (Å²) in [5.74, 6) is 0. The van der Waals surface area contributed by atoms with Crippen molar-refractivity contribution in [3.05, 3.63) is 49.3 Å². The summed E-state index contributed by atoms with van der Waals surface area (Å²) < 4.78 is 0.828. The van der Waals surface area contributed by atoms with E-state index in [1.54, 1.807) is 0 Å². The predicted octanol–water partition coefficient (Wildman–Crippen LogP) is -0.228. The summed E-state index contributed by atoms with van der Waals surface area (Å²) in [6.07, 6.45) is 0. The Hall–Kier alpha value is -2.97. The molecule has 0 atom stereocenters. The summed E-state index contributed by atoms with van der Waals surface area (Å²) >= 11 is 0. The lowest BCUT2D eigenvalue weighted by Crippen LogP contribution is -2.25. The van der Waals surface area contributed by atoms with Crippen molar-refractivity contribution in [2.24, 2.45) is 0 Å². The highest BCUT2D eigenvalue weighted by Gasteiger charge is 2.12. The van der Waals surface area contributed by atoms with E-state index in [9.17, 15) is 19.7 Å². The van der Waals surface area contributed by atoms with Crippen LogP contribution < -0.4 is 11.4 Å². The summed E-state index contributed by atoms with van der Waals surface area (Å²) in [5, 5.41) is 16.9. The van der Waals surface area contributed by atoms with Crippen molar-refractivity contribution in [3.8, 4) is 0 Å². The normalized spacial score (nSPS) is 11.1. The summed E-state index contributed by atoms with van der Waals surface area (Å²) in [5.41, 5.74) is -1.13. The minimum atomic E-state index is -0.697. The Labute approximate surface area is 96.8 Å². The molecule has 0 fully saturated rings. The van der Waals surface area contributed by atoms with Crippen LogP contribution in [-0.4, -0.2) is 24.5 Å². The van der Waals surface area contributed by atoms with Gasteiger partial charge in [0.15, 0.2) is 5.65 Å². The molecule has 2 heterocycles. The number of H-pyrrole nitrogens is 2. The largest absolute Gasteiger partial charge is 0.351 e. The number of nitro benzene ring substituents is 1. The molecule has 1 aromatic carbocycles. The zero-order valence-electron chi connectivity index (χ0n) is 8.71. The summed E-state index contributed by atoms with van der Waals surface area (Å²) in [6.45, 7) is 0. The van der Waals surface area contributed by atoms with Gasteiger partial charge < -0.3 is 4.98 Å². The van der Waals surface area contributed by atoms with Gasteiger partial charge in [0.1, 0.15) is 0 Å². The number of non-ortho nitro benzene ring substituents is 1. The maximum Gasteiger partial charge on any atom is 0.351 e. The van der Waals surface area contributed by atoms with Crippen molar-refractivity contribution >= 4 is 22.2 Å². The molecule has 0 aliphatic rings. The van der Waals surface area contributed by atoms with E-state index >= 15 is 0 Å². The Morgan fingerprint density at radius 1 is 1.28 bits per heavy atom. The number of hydrogen-bond donors (Lipinski definition) is 2. The van der Waals surface area contributed by atoms with Crippen LogP contribution >= 0.6 is 0 Å². The summed E-state index contributed by atoms with van der Waals surface area (Å²) in [6, 6.07) is 3.93. The fourth-order valence-electron chi connectivity index (χ4n) is 1.78. The molecule has 0 bridgehead atoms. The quantitative estimate of drug-likeness (QED) is 0.453. The highest BCUT2D eigenvalue weighted by molar-refractivity contribution is 5.92. The molecule has 0 saturated heterocycles. The third-order valence-corrected chi connectivity index (χ3v) is 2.57. The van der Waals surface area contributed by atoms with Gasteiger partial charge in [-0.1, -0.05) is 0 Å². The molecule has 9 nitrogen and oxygen atoms in total. The molecule has 2 aromatic heterocycles. The molecular weight excluding hydrogens is 242 g/mol. The zero-order valence-corrected chi connectivity index (χ0v) is 8.71. The van der Waals surface area contributed by atoms with Crippen molar-refractivity contribution in [1.82, 2.24) is 19.6 Å². The van der Waals surface area contributed by atoms with E-state index in [0.29, 0.717) is 5.39 Å². The number of aromatic nitrogens is 4. The van der Waals surface area contributed by atoms with Gasteiger partial charge in [-0.2, -0.15) is 9.50 Å². The summed E-state index contributed by atoms with van der Waals surface area (Å²) in [4.78, 5) is 35.4. The number of rotatable bonds is 1. The minimum Gasteiger partial charge on any atom is -0.306 e. The van der Waals surface area contributed by atoms with Crippen LogP contribution in [0.3, 0.4) is 0 Å². The van der Waals surface area contributed by atoms with Gasteiger partial charge in [-0.25, -0.2) is 14.7 Å². The van der Waals surface area contributed by atoms with E-state index in [-0.39, 0.29) is 16.9 Å². The lowest BCUT2D eigenvalue weighted by Gasteiger charge is -1.98. The Balaban J connectivity index is 2.54.